The van der Waals surface area contributed by atoms with Gasteiger partial charge in [0.25, 0.3) is 35.0 Å². The second-order valence-corrected chi connectivity index (χ2v) is 37.4. The van der Waals surface area contributed by atoms with Crippen LogP contribution in [0.2, 0.25) is 0 Å². The van der Waals surface area contributed by atoms with Gasteiger partial charge in [-0.1, -0.05) is 70.2 Å². The van der Waals surface area contributed by atoms with E-state index in [-0.39, 0.29) is 144 Å². The summed E-state index contributed by atoms with van der Waals surface area (Å²) in [5, 5.41) is 47.7. The maximum atomic E-state index is 14.1. The Labute approximate surface area is 741 Å². The molecular formula is C88H96N10O24S4. The van der Waals surface area contributed by atoms with Crippen LogP contribution in [0.3, 0.4) is 0 Å². The number of nitrogens with zero attached hydrogens (tertiary/aromatic N) is 9. The molecular weight excluding hydrogens is 1710 g/mol. The summed E-state index contributed by atoms with van der Waals surface area (Å²) in [6.45, 7) is 18.2. The van der Waals surface area contributed by atoms with Crippen molar-refractivity contribution in [1.29, 1.82) is 0 Å². The van der Waals surface area contributed by atoms with E-state index in [1.165, 1.54) is 130 Å². The largest absolute Gasteiger partial charge is 0.493 e. The monoisotopic (exact) mass is 1800 g/mol. The third kappa shape index (κ3) is 20.6. The molecule has 38 heteroatoms. The number of pyridine rings is 2. The number of fused-ring (bicyclic) bond motifs is 6. The number of aromatic nitrogens is 2. The predicted molar refractivity (Wildman–Crippen MR) is 468 cm³/mol. The molecule has 6 fully saturated rings. The van der Waals surface area contributed by atoms with Gasteiger partial charge < -0.3 is 77.2 Å². The highest BCUT2D eigenvalue weighted by atomic mass is 33.1. The first-order chi connectivity index (χ1) is 60.6. The number of benzene rings is 4. The van der Waals surface area contributed by atoms with E-state index in [9.17, 15) is 68.8 Å². The van der Waals surface area contributed by atoms with Gasteiger partial charge in [-0.2, -0.15) is 0 Å². The van der Waals surface area contributed by atoms with Crippen LogP contribution >= 0.6 is 43.2 Å². The van der Waals surface area contributed by atoms with Crippen molar-refractivity contribution < 1.29 is 106 Å². The highest BCUT2D eigenvalue weighted by molar-refractivity contribution is 8.77. The molecule has 7 aliphatic heterocycles. The van der Waals surface area contributed by atoms with Crippen LogP contribution in [0.15, 0.2) is 144 Å². The second-order valence-electron chi connectivity index (χ2n) is 32.1. The van der Waals surface area contributed by atoms with Crippen LogP contribution in [-0.4, -0.2) is 238 Å². The van der Waals surface area contributed by atoms with Crippen LogP contribution in [0.4, 0.5) is 32.3 Å². The number of ether oxygens (including phenoxy) is 10. The number of hydrogen-bond acceptors (Lipinski definition) is 30. The number of carbonyl (C=O) groups is 8. The summed E-state index contributed by atoms with van der Waals surface area (Å²) in [5.74, 6) is 1.46. The minimum absolute atomic E-state index is 0.0157. The first kappa shape index (κ1) is 90.7. The Morgan fingerprint density at radius 2 is 0.960 bits per heavy atom. The lowest BCUT2D eigenvalue weighted by atomic mass is 9.99. The number of unbranched alkanes of at least 4 members (excludes halogenated alkanes) is 4. The Bertz CT molecular complexity index is 5320. The molecule has 3 N–H and O–H groups in total. The fourth-order valence-corrected chi connectivity index (χ4v) is 21.1. The summed E-state index contributed by atoms with van der Waals surface area (Å²) in [6.07, 6.45) is 8.24. The highest BCUT2D eigenvalue weighted by Gasteiger charge is 2.51. The molecule has 2 aromatic heterocycles. The van der Waals surface area contributed by atoms with E-state index in [4.69, 9.17) is 47.4 Å². The van der Waals surface area contributed by atoms with E-state index in [1.54, 1.807) is 46.2 Å². The zero-order valence-electron chi connectivity index (χ0n) is 69.9. The summed E-state index contributed by atoms with van der Waals surface area (Å²) >= 11 is 0. The summed E-state index contributed by atoms with van der Waals surface area (Å²) in [4.78, 5) is 145. The molecule has 6 amide bonds. The van der Waals surface area contributed by atoms with Crippen molar-refractivity contribution in [2.75, 3.05) is 111 Å². The van der Waals surface area contributed by atoms with Crippen molar-refractivity contribution in [3.8, 4) is 46.0 Å². The maximum absolute atomic E-state index is 14.1. The Morgan fingerprint density at radius 3 is 1.41 bits per heavy atom. The molecule has 666 valence electrons. The van der Waals surface area contributed by atoms with Crippen molar-refractivity contribution >= 4 is 113 Å². The lowest BCUT2D eigenvalue weighted by Gasteiger charge is -2.32. The van der Waals surface area contributed by atoms with Crippen molar-refractivity contribution in [2.24, 2.45) is 0 Å². The lowest BCUT2D eigenvalue weighted by Crippen LogP contribution is -2.51. The van der Waals surface area contributed by atoms with Gasteiger partial charge in [-0.15, -0.1) is 0 Å². The van der Waals surface area contributed by atoms with E-state index in [0.29, 0.717) is 146 Å². The Kier molecular flexibility index (Phi) is 28.4. The lowest BCUT2D eigenvalue weighted by molar-refractivity contribution is -0.385. The third-order valence-electron chi connectivity index (χ3n) is 23.1. The number of methoxy groups -OCH3 is 4. The summed E-state index contributed by atoms with van der Waals surface area (Å²) < 4.78 is 57.7. The molecule has 126 heavy (non-hydrogen) atoms. The van der Waals surface area contributed by atoms with Gasteiger partial charge in [0.05, 0.1) is 127 Å². The Hall–Kier alpha value is -11.6. The number of amides is 6. The van der Waals surface area contributed by atoms with Crippen molar-refractivity contribution in [2.45, 2.75) is 153 Å². The number of aliphatic hydroxyl groups excluding tert-OH is 2. The average molecular weight is 1810 g/mol. The van der Waals surface area contributed by atoms with Gasteiger partial charge in [0, 0.05) is 74.4 Å². The molecule has 2 saturated carbocycles. The normalized spacial score (nSPS) is 19.8. The van der Waals surface area contributed by atoms with Crippen LogP contribution in [0.25, 0.3) is 0 Å². The number of likely N-dealkylation sites (tertiary alicyclic amines) is 1. The number of hydrogen-bond donors (Lipinski definition) is 3. The standard InChI is InChI=1S/C44H47N5O12S2.C44H49N5O12S2/c1-25-14-32-34(50)16-27-17-37(35(57-3)18-29(27)40(51)46(32)22-25)59-12-6-5-7-13-60-38-20-31-30(19-36(38)58-4)41(52)47-23-26(2)15-33(47)42(53)48(31)43(54)61-24-44(10-11-44)63-62-39-9-8-28(21-45-39)49(55)56;1-26-14-30(24-50)47(22-26)42(53)32-19-37(58-4)39(20-33(32)46-43(54)61-25-44(10-11-44)63-62-40-9-8-29(21-45-40)49(55)56)60-13-7-5-6-12-59-38-17-28-16-35(51)34-15-27(2)23-48(34)41(52)31(28)18-36(38)57-3/h8-9,17-21,32-33,42,53H,1-2,5-7,10-16,22-24H2,3-4H3;8-9,17-21,30,34,50H,1-2,5-7,10-16,22-25H2,3-4H3,(H,46,54)/t32-,33-,42-;30-,34-/m00/s1. The molecule has 0 spiro atoms. The van der Waals surface area contributed by atoms with E-state index in [0.717, 1.165) is 52.9 Å². The van der Waals surface area contributed by atoms with Crippen LogP contribution in [0.1, 0.15) is 142 Å². The minimum Gasteiger partial charge on any atom is -0.493 e. The minimum atomic E-state index is -1.46. The molecule has 4 aromatic carbocycles. The van der Waals surface area contributed by atoms with Gasteiger partial charge in [0.1, 0.15) is 35.7 Å². The van der Waals surface area contributed by atoms with E-state index >= 15 is 0 Å². The smallest absolute Gasteiger partial charge is 0.416 e. The number of ketones is 2. The Morgan fingerprint density at radius 1 is 0.532 bits per heavy atom. The van der Waals surface area contributed by atoms with Crippen molar-refractivity contribution in [1.82, 2.24) is 29.6 Å². The van der Waals surface area contributed by atoms with Crippen molar-refractivity contribution in [3.05, 3.63) is 187 Å². The molecule has 2 aliphatic carbocycles. The fourth-order valence-electron chi connectivity index (χ4n) is 15.9. The maximum Gasteiger partial charge on any atom is 0.416 e. The van der Waals surface area contributed by atoms with Gasteiger partial charge in [0.2, 0.25) is 0 Å². The SMILES string of the molecule is C=C1C[C@@H](CO)N(C(=O)c2cc(OC)c(OCCCCCOc3cc4c(cc3OC)C(=O)N3CC(=C)C[C@H]3C(=O)C4)cc2NC(=O)OCC2(SSc3ccc([N+](=O)[O-])cn3)CC2)C1.C=C1C[C@H]2C(=O)Cc3cc(OCCCCCOc4cc5c(cc4OC)C(=O)N4CC(=C)C[C@H]4[C@H](O)N5C(=O)OCC4(SSc5ccc([N+](=O)[O-])cn5)CC4)c(OC)cc3C(=O)N2C1. The van der Waals surface area contributed by atoms with E-state index in [1.807, 2.05) is 0 Å². The Balaban J connectivity index is 0.000000204. The van der Waals surface area contributed by atoms with Gasteiger partial charge in [-0.25, -0.2) is 24.5 Å². The zero-order chi connectivity index (χ0) is 89.4. The van der Waals surface area contributed by atoms with Gasteiger partial charge >= 0.3 is 12.2 Å². The third-order valence-corrected chi connectivity index (χ3v) is 29.5. The number of anilines is 2. The van der Waals surface area contributed by atoms with Crippen LogP contribution < -0.4 is 48.1 Å². The molecule has 5 atom stereocenters. The number of aliphatic hydroxyl groups is 2. The molecule has 0 unspecified atom stereocenters. The topological polar surface area (TPSA) is 410 Å². The van der Waals surface area contributed by atoms with Crippen LogP contribution in [0, 0.1) is 20.2 Å². The average Bonchev–Trinajstić information content (AvgIpc) is 1.61. The second kappa shape index (κ2) is 39.5. The van der Waals surface area contributed by atoms with Gasteiger partial charge in [-0.3, -0.25) is 54.3 Å². The quantitative estimate of drug-likeness (QED) is 0.0109. The van der Waals surface area contributed by atoms with E-state index in [2.05, 4.69) is 41.6 Å². The number of carbonyl (C=O) groups excluding carboxylic acids is 8. The summed E-state index contributed by atoms with van der Waals surface area (Å²) in [7, 11) is 11.5. The summed E-state index contributed by atoms with van der Waals surface area (Å²) in [5.41, 5.74) is 5.61. The van der Waals surface area contributed by atoms with Crippen LogP contribution in [0.5, 0.6) is 46.0 Å². The molecule has 15 rings (SSSR count). The first-order valence-corrected chi connectivity index (χ1v) is 45.3. The number of rotatable bonds is 35. The summed E-state index contributed by atoms with van der Waals surface area (Å²) in [6, 6.07) is 16.5. The first-order valence-electron chi connectivity index (χ1n) is 41.0. The van der Waals surface area contributed by atoms with Gasteiger partial charge in [-0.05, 0) is 171 Å². The van der Waals surface area contributed by atoms with Crippen molar-refractivity contribution in [3.63, 3.8) is 0 Å². The zero-order valence-corrected chi connectivity index (χ0v) is 73.2. The number of nitrogens with one attached hydrogen (secondary N) is 1. The fraction of sp³-hybridized carbons (Fsp3) is 0.432. The van der Waals surface area contributed by atoms with Crippen LogP contribution in [-0.2, 0) is 31.9 Å². The van der Waals surface area contributed by atoms with E-state index < -0.39 is 69.0 Å². The molecule has 9 heterocycles. The molecule has 9 aliphatic rings. The molecule has 0 radical (unpaired) electrons. The molecule has 6 aromatic rings. The van der Waals surface area contributed by atoms with Gasteiger partial charge in [0.15, 0.2) is 63.8 Å². The number of nitro groups is 2. The molecule has 4 saturated heterocycles. The predicted octanol–water partition coefficient (Wildman–Crippen LogP) is 13.4. The molecule has 0 bridgehead atoms. The number of Topliss-reactive ketones (excluding diaryl/α,β-unsaturated/α-hetero) is 2. The highest BCUT2D eigenvalue weighted by Crippen LogP contribution is 2.57. The molecule has 34 nitrogen and oxygen atoms in total.